The molecule has 0 unspecified atom stereocenters. The number of hydrogen-bond donors (Lipinski definition) is 3. The first kappa shape index (κ1) is 11.0. The summed E-state index contributed by atoms with van der Waals surface area (Å²) in [5.41, 5.74) is 4.68. The smallest absolute Gasteiger partial charge is 0.120 e. The second kappa shape index (κ2) is 4.44. The highest BCUT2D eigenvalue weighted by molar-refractivity contribution is 5.39. The molecule has 78 valence electrons. The lowest BCUT2D eigenvalue weighted by Crippen LogP contribution is -2.25. The van der Waals surface area contributed by atoms with Gasteiger partial charge in [0.1, 0.15) is 5.75 Å². The van der Waals surface area contributed by atoms with Gasteiger partial charge in [0.2, 0.25) is 0 Å². The van der Waals surface area contributed by atoms with E-state index in [0.29, 0.717) is 11.7 Å². The molecule has 1 aromatic rings. The molecule has 1 atom stereocenters. The first-order valence-electron chi connectivity index (χ1n) is 4.85. The van der Waals surface area contributed by atoms with Crippen molar-refractivity contribution in [1.29, 1.82) is 0 Å². The molecular formula is C11H18N2O. The lowest BCUT2D eigenvalue weighted by atomic mass is 9.98. The maximum atomic E-state index is 9.62. The summed E-state index contributed by atoms with van der Waals surface area (Å²) in [6.07, 6.45) is 0. The van der Waals surface area contributed by atoms with Crippen LogP contribution in [0.4, 0.5) is 0 Å². The first-order chi connectivity index (χ1) is 6.56. The van der Waals surface area contributed by atoms with Gasteiger partial charge in [-0.25, -0.2) is 0 Å². The number of aromatic hydroxyl groups is 1. The molecular weight excluding hydrogens is 176 g/mol. The fourth-order valence-corrected chi connectivity index (χ4v) is 1.37. The highest BCUT2D eigenvalue weighted by Gasteiger charge is 2.10. The summed E-state index contributed by atoms with van der Waals surface area (Å²) in [6.45, 7) is 6.16. The van der Waals surface area contributed by atoms with Gasteiger partial charge in [-0.2, -0.15) is 0 Å². The minimum atomic E-state index is -0.0336. The van der Waals surface area contributed by atoms with Gasteiger partial charge < -0.3 is 5.11 Å². The van der Waals surface area contributed by atoms with Gasteiger partial charge in [-0.3, -0.25) is 11.3 Å². The third kappa shape index (κ3) is 2.25. The van der Waals surface area contributed by atoms with E-state index in [1.165, 1.54) is 5.56 Å². The zero-order valence-electron chi connectivity index (χ0n) is 8.91. The Morgan fingerprint density at radius 2 is 1.93 bits per heavy atom. The summed E-state index contributed by atoms with van der Waals surface area (Å²) in [7, 11) is 0. The Labute approximate surface area is 84.9 Å². The van der Waals surface area contributed by atoms with Crippen LogP contribution in [-0.4, -0.2) is 5.11 Å². The molecule has 0 aliphatic carbocycles. The van der Waals surface area contributed by atoms with Crippen molar-refractivity contribution in [2.75, 3.05) is 0 Å². The molecule has 0 saturated carbocycles. The molecule has 14 heavy (non-hydrogen) atoms. The van der Waals surface area contributed by atoms with Crippen molar-refractivity contribution in [2.45, 2.75) is 32.7 Å². The lowest BCUT2D eigenvalue weighted by molar-refractivity contribution is 0.454. The monoisotopic (exact) mass is 194 g/mol. The zero-order valence-corrected chi connectivity index (χ0v) is 8.91. The number of rotatable bonds is 3. The second-order valence-corrected chi connectivity index (χ2v) is 3.86. The van der Waals surface area contributed by atoms with Crippen molar-refractivity contribution in [3.8, 4) is 5.75 Å². The number of nitrogens with one attached hydrogen (secondary N) is 1. The quantitative estimate of drug-likeness (QED) is 0.510. The molecule has 0 bridgehead atoms. The molecule has 0 radical (unpaired) electrons. The van der Waals surface area contributed by atoms with Crippen molar-refractivity contribution in [1.82, 2.24) is 5.43 Å². The van der Waals surface area contributed by atoms with Crippen LogP contribution in [0.25, 0.3) is 0 Å². The molecule has 0 spiro atoms. The number of benzene rings is 1. The van der Waals surface area contributed by atoms with E-state index in [1.54, 1.807) is 6.07 Å². The number of phenols is 1. The third-order valence-corrected chi connectivity index (χ3v) is 2.43. The number of phenolic OH excluding ortho intramolecular Hbond substituents is 1. The van der Waals surface area contributed by atoms with Crippen molar-refractivity contribution in [3.05, 3.63) is 29.3 Å². The van der Waals surface area contributed by atoms with Crippen molar-refractivity contribution in [3.63, 3.8) is 0 Å². The maximum absolute atomic E-state index is 9.62. The fraction of sp³-hybridized carbons (Fsp3) is 0.455. The van der Waals surface area contributed by atoms with E-state index in [4.69, 9.17) is 5.84 Å². The predicted molar refractivity (Wildman–Crippen MR) is 57.9 cm³/mol. The van der Waals surface area contributed by atoms with E-state index in [-0.39, 0.29) is 6.04 Å². The largest absolute Gasteiger partial charge is 0.508 e. The van der Waals surface area contributed by atoms with Crippen molar-refractivity contribution < 1.29 is 5.11 Å². The van der Waals surface area contributed by atoms with Crippen LogP contribution in [0, 0.1) is 0 Å². The topological polar surface area (TPSA) is 58.3 Å². The SMILES string of the molecule is CC(C)c1ccc(O)c([C@H](C)NN)c1. The zero-order chi connectivity index (χ0) is 10.7. The van der Waals surface area contributed by atoms with Gasteiger partial charge in [-0.15, -0.1) is 0 Å². The van der Waals surface area contributed by atoms with E-state index in [2.05, 4.69) is 19.3 Å². The Hall–Kier alpha value is -1.06. The van der Waals surface area contributed by atoms with Crippen molar-refractivity contribution in [2.24, 2.45) is 5.84 Å². The van der Waals surface area contributed by atoms with Crippen LogP contribution < -0.4 is 11.3 Å². The molecule has 0 saturated heterocycles. The molecule has 0 aliphatic rings. The Kier molecular flexibility index (Phi) is 3.49. The minimum absolute atomic E-state index is 0.0336. The molecule has 1 aromatic carbocycles. The first-order valence-corrected chi connectivity index (χ1v) is 4.85. The molecule has 0 heterocycles. The molecule has 0 aromatic heterocycles. The summed E-state index contributed by atoms with van der Waals surface area (Å²) < 4.78 is 0. The number of nitrogens with two attached hydrogens (primary N) is 1. The van der Waals surface area contributed by atoms with Gasteiger partial charge in [-0.1, -0.05) is 26.0 Å². The standard InChI is InChI=1S/C11H18N2O/c1-7(2)9-4-5-11(14)10(6-9)8(3)13-12/h4-8,13-14H,12H2,1-3H3/t8-/m0/s1. The van der Waals surface area contributed by atoms with E-state index < -0.39 is 0 Å². The molecule has 3 heteroatoms. The Balaban J connectivity index is 3.08. The maximum Gasteiger partial charge on any atom is 0.120 e. The highest BCUT2D eigenvalue weighted by atomic mass is 16.3. The van der Waals surface area contributed by atoms with E-state index in [0.717, 1.165) is 5.56 Å². The number of hydrazine groups is 1. The van der Waals surface area contributed by atoms with E-state index >= 15 is 0 Å². The molecule has 0 aliphatic heterocycles. The minimum Gasteiger partial charge on any atom is -0.508 e. The number of hydrogen-bond acceptors (Lipinski definition) is 3. The fourth-order valence-electron chi connectivity index (χ4n) is 1.37. The summed E-state index contributed by atoms with van der Waals surface area (Å²) in [5.74, 6) is 6.09. The van der Waals surface area contributed by atoms with Crippen LogP contribution in [0.3, 0.4) is 0 Å². The van der Waals surface area contributed by atoms with Gasteiger partial charge in [0.25, 0.3) is 0 Å². The average molecular weight is 194 g/mol. The highest BCUT2D eigenvalue weighted by Crippen LogP contribution is 2.27. The molecule has 0 amide bonds. The predicted octanol–water partition coefficient (Wildman–Crippen LogP) is 2.04. The van der Waals surface area contributed by atoms with Crippen LogP contribution in [0.2, 0.25) is 0 Å². The van der Waals surface area contributed by atoms with Gasteiger partial charge in [-0.05, 0) is 24.5 Å². The van der Waals surface area contributed by atoms with Gasteiger partial charge >= 0.3 is 0 Å². The van der Waals surface area contributed by atoms with Crippen LogP contribution in [0.15, 0.2) is 18.2 Å². The third-order valence-electron chi connectivity index (χ3n) is 2.43. The summed E-state index contributed by atoms with van der Waals surface area (Å²) >= 11 is 0. The molecule has 4 N–H and O–H groups in total. The summed E-state index contributed by atoms with van der Waals surface area (Å²) in [4.78, 5) is 0. The lowest BCUT2D eigenvalue weighted by Gasteiger charge is -2.15. The van der Waals surface area contributed by atoms with Gasteiger partial charge in [0.05, 0.1) is 0 Å². The molecule has 0 fully saturated rings. The molecule has 3 nitrogen and oxygen atoms in total. The van der Waals surface area contributed by atoms with E-state index in [1.807, 2.05) is 19.1 Å². The Morgan fingerprint density at radius 1 is 1.29 bits per heavy atom. The normalized spacial score (nSPS) is 13.2. The van der Waals surface area contributed by atoms with Crippen LogP contribution in [-0.2, 0) is 0 Å². The van der Waals surface area contributed by atoms with E-state index in [9.17, 15) is 5.11 Å². The summed E-state index contributed by atoms with van der Waals surface area (Å²) in [5, 5.41) is 9.62. The average Bonchev–Trinajstić information content (AvgIpc) is 2.17. The van der Waals surface area contributed by atoms with Crippen LogP contribution in [0.5, 0.6) is 5.75 Å². The van der Waals surface area contributed by atoms with Crippen LogP contribution >= 0.6 is 0 Å². The molecule has 1 rings (SSSR count). The van der Waals surface area contributed by atoms with Crippen LogP contribution in [0.1, 0.15) is 43.9 Å². The Bertz CT molecular complexity index is 310. The second-order valence-electron chi connectivity index (χ2n) is 3.86. The summed E-state index contributed by atoms with van der Waals surface area (Å²) in [6, 6.07) is 5.61. The Morgan fingerprint density at radius 3 is 2.43 bits per heavy atom. The van der Waals surface area contributed by atoms with Gasteiger partial charge in [0.15, 0.2) is 0 Å². The van der Waals surface area contributed by atoms with Crippen molar-refractivity contribution >= 4 is 0 Å². The van der Waals surface area contributed by atoms with Gasteiger partial charge in [0, 0.05) is 11.6 Å².